The van der Waals surface area contributed by atoms with Crippen LogP contribution in [0.2, 0.25) is 0 Å². The largest absolute Gasteiger partial charge is 0.369 e. The number of nitrogens with two attached hydrogens (primary N) is 1. The molecule has 1 aromatic carbocycles. The second-order valence-electron chi connectivity index (χ2n) is 4.44. The van der Waals surface area contributed by atoms with Gasteiger partial charge in [0.05, 0.1) is 6.33 Å². The minimum atomic E-state index is -0.364. The number of aryl methyl sites for hydroxylation is 2. The van der Waals surface area contributed by atoms with Crippen LogP contribution in [0.1, 0.15) is 5.56 Å². The molecule has 102 valence electrons. The van der Waals surface area contributed by atoms with Crippen molar-refractivity contribution in [2.45, 2.75) is 13.0 Å². The highest BCUT2D eigenvalue weighted by atomic mass is 19.1. The molecule has 6 nitrogen and oxygen atoms in total. The number of aromatic nitrogens is 4. The number of aromatic amines is 1. The molecule has 0 amide bonds. The van der Waals surface area contributed by atoms with Gasteiger partial charge in [-0.15, -0.1) is 0 Å². The molecular weight excluding hydrogens is 261 g/mol. The number of nitrogens with one attached hydrogen (secondary N) is 1. The van der Waals surface area contributed by atoms with E-state index in [0.29, 0.717) is 18.6 Å². The van der Waals surface area contributed by atoms with Crippen LogP contribution >= 0.6 is 0 Å². The standard InChI is InChI=1S/C13H12FN5O/c14-9-3-1-2-8(6-9)4-5-19-7-16-10-11(19)17-13(15)18-12(10)20/h1-3,6-7H,4-5H2,(H3,15,17,18,20). The number of nitrogen functional groups attached to an aromatic ring is 1. The van der Waals surface area contributed by atoms with E-state index in [1.54, 1.807) is 10.6 Å². The van der Waals surface area contributed by atoms with Gasteiger partial charge in [0.2, 0.25) is 5.95 Å². The molecule has 0 aliphatic carbocycles. The Balaban J connectivity index is 1.90. The highest BCUT2D eigenvalue weighted by Gasteiger charge is 2.09. The molecule has 3 rings (SSSR count). The van der Waals surface area contributed by atoms with Gasteiger partial charge in [-0.1, -0.05) is 12.1 Å². The molecule has 0 unspecified atom stereocenters. The summed E-state index contributed by atoms with van der Waals surface area (Å²) in [6, 6.07) is 6.39. The Hall–Kier alpha value is -2.70. The number of hydrogen-bond acceptors (Lipinski definition) is 4. The molecule has 0 saturated heterocycles. The number of hydrogen-bond donors (Lipinski definition) is 2. The molecule has 0 bridgehead atoms. The summed E-state index contributed by atoms with van der Waals surface area (Å²) in [7, 11) is 0. The van der Waals surface area contributed by atoms with Gasteiger partial charge < -0.3 is 10.3 Å². The minimum absolute atomic E-state index is 0.0509. The topological polar surface area (TPSA) is 89.6 Å². The summed E-state index contributed by atoms with van der Waals surface area (Å²) in [6.45, 7) is 0.538. The van der Waals surface area contributed by atoms with E-state index in [0.717, 1.165) is 5.56 Å². The zero-order valence-electron chi connectivity index (χ0n) is 10.5. The van der Waals surface area contributed by atoms with Crippen molar-refractivity contribution < 1.29 is 4.39 Å². The third-order valence-corrected chi connectivity index (χ3v) is 3.02. The van der Waals surface area contributed by atoms with Gasteiger partial charge in [0, 0.05) is 6.54 Å². The summed E-state index contributed by atoms with van der Waals surface area (Å²) in [6.07, 6.45) is 2.14. The van der Waals surface area contributed by atoms with E-state index in [2.05, 4.69) is 15.0 Å². The maximum Gasteiger partial charge on any atom is 0.280 e. The van der Waals surface area contributed by atoms with Crippen molar-refractivity contribution in [3.63, 3.8) is 0 Å². The number of H-pyrrole nitrogens is 1. The number of rotatable bonds is 3. The predicted octanol–water partition coefficient (Wildman–Crippen LogP) is 1.08. The lowest BCUT2D eigenvalue weighted by Crippen LogP contribution is -2.12. The maximum absolute atomic E-state index is 13.1. The average molecular weight is 273 g/mol. The number of nitrogens with zero attached hydrogens (tertiary/aromatic N) is 3. The Bertz CT molecular complexity index is 823. The summed E-state index contributed by atoms with van der Waals surface area (Å²) < 4.78 is 14.8. The minimum Gasteiger partial charge on any atom is -0.369 e. The fraction of sp³-hybridized carbons (Fsp3) is 0.154. The lowest BCUT2D eigenvalue weighted by Gasteiger charge is -2.04. The summed E-state index contributed by atoms with van der Waals surface area (Å²) >= 11 is 0. The molecule has 0 aliphatic rings. The Kier molecular flexibility index (Phi) is 2.94. The average Bonchev–Trinajstić information content (AvgIpc) is 2.80. The highest BCUT2D eigenvalue weighted by molar-refractivity contribution is 5.70. The molecule has 3 N–H and O–H groups in total. The number of fused-ring (bicyclic) bond motifs is 1. The van der Waals surface area contributed by atoms with Gasteiger partial charge in [-0.3, -0.25) is 9.78 Å². The zero-order valence-corrected chi connectivity index (χ0v) is 10.5. The van der Waals surface area contributed by atoms with E-state index in [1.807, 2.05) is 6.07 Å². The van der Waals surface area contributed by atoms with Gasteiger partial charge >= 0.3 is 0 Å². The Morgan fingerprint density at radius 2 is 2.25 bits per heavy atom. The van der Waals surface area contributed by atoms with Crippen LogP contribution in [0.3, 0.4) is 0 Å². The first kappa shape index (κ1) is 12.3. The molecule has 20 heavy (non-hydrogen) atoms. The van der Waals surface area contributed by atoms with Gasteiger partial charge in [-0.25, -0.2) is 9.37 Å². The van der Waals surface area contributed by atoms with Crippen molar-refractivity contribution in [3.05, 3.63) is 52.3 Å². The van der Waals surface area contributed by atoms with Crippen molar-refractivity contribution in [2.24, 2.45) is 0 Å². The predicted molar refractivity (Wildman–Crippen MR) is 72.7 cm³/mol. The number of benzene rings is 1. The van der Waals surface area contributed by atoms with Crippen LogP contribution in [0.5, 0.6) is 0 Å². The third-order valence-electron chi connectivity index (χ3n) is 3.02. The second-order valence-corrected chi connectivity index (χ2v) is 4.44. The molecular formula is C13H12FN5O. The van der Waals surface area contributed by atoms with Crippen LogP contribution in [0.4, 0.5) is 10.3 Å². The van der Waals surface area contributed by atoms with E-state index in [-0.39, 0.29) is 22.8 Å². The molecule has 2 aromatic heterocycles. The summed E-state index contributed by atoms with van der Waals surface area (Å²) in [5.74, 6) is -0.216. The van der Waals surface area contributed by atoms with Crippen LogP contribution in [-0.4, -0.2) is 19.5 Å². The molecule has 2 heterocycles. The molecule has 0 spiro atoms. The van der Waals surface area contributed by atoms with Crippen LogP contribution in [0.15, 0.2) is 35.4 Å². The first-order chi connectivity index (χ1) is 9.63. The molecule has 0 aliphatic heterocycles. The van der Waals surface area contributed by atoms with E-state index in [4.69, 9.17) is 5.73 Å². The molecule has 0 saturated carbocycles. The van der Waals surface area contributed by atoms with Crippen LogP contribution in [0, 0.1) is 5.82 Å². The molecule has 0 atom stereocenters. The lowest BCUT2D eigenvalue weighted by molar-refractivity contribution is 0.622. The van der Waals surface area contributed by atoms with E-state index < -0.39 is 0 Å². The lowest BCUT2D eigenvalue weighted by atomic mass is 10.1. The number of halogens is 1. The van der Waals surface area contributed by atoms with Gasteiger partial charge in [0.15, 0.2) is 11.2 Å². The SMILES string of the molecule is Nc1nc2c(ncn2CCc2cccc(F)c2)c(=O)[nH]1. The van der Waals surface area contributed by atoms with Crippen LogP contribution < -0.4 is 11.3 Å². The highest BCUT2D eigenvalue weighted by Crippen LogP contribution is 2.09. The molecule has 3 aromatic rings. The van der Waals surface area contributed by atoms with Crippen LogP contribution in [-0.2, 0) is 13.0 Å². The molecule has 7 heteroatoms. The Morgan fingerprint density at radius 1 is 1.40 bits per heavy atom. The third kappa shape index (κ3) is 2.25. The van der Waals surface area contributed by atoms with E-state index in [1.165, 1.54) is 18.5 Å². The summed E-state index contributed by atoms with van der Waals surface area (Å²) in [5, 5.41) is 0. The fourth-order valence-electron chi connectivity index (χ4n) is 2.08. The summed E-state index contributed by atoms with van der Waals surface area (Å²) in [5.41, 5.74) is 6.71. The number of imidazole rings is 1. The van der Waals surface area contributed by atoms with E-state index >= 15 is 0 Å². The Labute approximate surface area is 113 Å². The normalized spacial score (nSPS) is 11.1. The van der Waals surface area contributed by atoms with Gasteiger partial charge in [0.1, 0.15) is 5.82 Å². The maximum atomic E-state index is 13.1. The van der Waals surface area contributed by atoms with Gasteiger partial charge in [-0.05, 0) is 24.1 Å². The molecule has 0 fully saturated rings. The molecule has 0 radical (unpaired) electrons. The first-order valence-electron chi connectivity index (χ1n) is 6.08. The van der Waals surface area contributed by atoms with Gasteiger partial charge in [0.25, 0.3) is 5.56 Å². The van der Waals surface area contributed by atoms with Crippen molar-refractivity contribution in [3.8, 4) is 0 Å². The van der Waals surface area contributed by atoms with Crippen LogP contribution in [0.25, 0.3) is 11.2 Å². The first-order valence-corrected chi connectivity index (χ1v) is 6.08. The summed E-state index contributed by atoms with van der Waals surface area (Å²) in [4.78, 5) is 22.1. The fourth-order valence-corrected chi connectivity index (χ4v) is 2.08. The Morgan fingerprint density at radius 3 is 3.05 bits per heavy atom. The smallest absolute Gasteiger partial charge is 0.280 e. The zero-order chi connectivity index (χ0) is 14.1. The van der Waals surface area contributed by atoms with Crippen molar-refractivity contribution in [1.29, 1.82) is 0 Å². The monoisotopic (exact) mass is 273 g/mol. The quantitative estimate of drug-likeness (QED) is 0.747. The second kappa shape index (κ2) is 4.76. The van der Waals surface area contributed by atoms with Crippen molar-refractivity contribution in [1.82, 2.24) is 19.5 Å². The van der Waals surface area contributed by atoms with Crippen molar-refractivity contribution in [2.75, 3.05) is 5.73 Å². The van der Waals surface area contributed by atoms with Gasteiger partial charge in [-0.2, -0.15) is 4.98 Å². The number of anilines is 1. The van der Waals surface area contributed by atoms with E-state index in [9.17, 15) is 9.18 Å². The van der Waals surface area contributed by atoms with Crippen molar-refractivity contribution >= 4 is 17.1 Å².